The van der Waals surface area contributed by atoms with Crippen LogP contribution in [0.5, 0.6) is 0 Å². The number of pyridine rings is 4. The zero-order chi connectivity index (χ0) is 43.0. The first kappa shape index (κ1) is 35.6. The van der Waals surface area contributed by atoms with Crippen molar-refractivity contribution in [3.05, 3.63) is 206 Å². The summed E-state index contributed by atoms with van der Waals surface area (Å²) in [6.45, 7) is 0. The number of hydrogen-bond donors (Lipinski definition) is 0. The summed E-state index contributed by atoms with van der Waals surface area (Å²) in [7, 11) is 0. The Morgan fingerprint density at radius 2 is 0.606 bits per heavy atom. The molecule has 4 nitrogen and oxygen atoms in total. The second kappa shape index (κ2) is 13.3. The van der Waals surface area contributed by atoms with Gasteiger partial charge in [-0.15, -0.1) is 0 Å². The molecule has 4 heterocycles. The van der Waals surface area contributed by atoms with Crippen LogP contribution in [-0.2, 0) is 0 Å². The van der Waals surface area contributed by atoms with Gasteiger partial charge in [0.2, 0.25) is 0 Å². The highest BCUT2D eigenvalue weighted by Crippen LogP contribution is 2.51. The Morgan fingerprint density at radius 3 is 1.00 bits per heavy atom. The van der Waals surface area contributed by atoms with E-state index in [1.165, 1.54) is 32.7 Å². The lowest BCUT2D eigenvalue weighted by Crippen LogP contribution is -1.98. The fourth-order valence-corrected chi connectivity index (χ4v) is 11.3. The molecule has 0 radical (unpaired) electrons. The van der Waals surface area contributed by atoms with E-state index in [0.717, 1.165) is 122 Å². The Morgan fingerprint density at radius 1 is 0.242 bits per heavy atom. The standard InChI is InChI=1S/C62H34N4/c1-3-15-35(16-4-1)47-33-53(63-61-51(47)31-49-43-27-11-19-37-21-13-29-45(55(37)43)59(49)65-61)57-39-23-7-9-25-41(39)58(42-26-10-8-24-40(42)57)54-34-48(36-17-5-2-6-18-36)52-32-50-44-28-12-20-38-22-14-30-46(56(38)44)60(50)66-62(52)64-54/h1-34H. The molecule has 302 valence electrons. The van der Waals surface area contributed by atoms with Gasteiger partial charge in [-0.05, 0) is 101 Å². The molecule has 9 aromatic carbocycles. The van der Waals surface area contributed by atoms with Crippen molar-refractivity contribution in [2.75, 3.05) is 0 Å². The van der Waals surface area contributed by atoms with Crippen molar-refractivity contribution in [2.24, 2.45) is 0 Å². The van der Waals surface area contributed by atoms with Crippen LogP contribution in [0.4, 0.5) is 0 Å². The SMILES string of the molecule is c1ccc(-c2cc(-c3c4ccccc4c(-c4cc(-c5ccccc5)c5cc6c(nc5n4)-c4cccc5cccc-6c45)c4ccccc34)nc3nc4c(cc23)-c2cccc3cccc-4c23)cc1. The molecule has 4 heteroatoms. The van der Waals surface area contributed by atoms with Crippen molar-refractivity contribution < 1.29 is 0 Å². The number of hydrogen-bond acceptors (Lipinski definition) is 4. The average Bonchev–Trinajstić information content (AvgIpc) is 3.87. The molecule has 66 heavy (non-hydrogen) atoms. The largest absolute Gasteiger partial charge is 0.228 e. The van der Waals surface area contributed by atoms with Crippen molar-refractivity contribution in [1.82, 2.24) is 19.9 Å². The van der Waals surface area contributed by atoms with Gasteiger partial charge in [-0.2, -0.15) is 0 Å². The molecular formula is C62H34N4. The topological polar surface area (TPSA) is 51.6 Å². The van der Waals surface area contributed by atoms with E-state index in [1.54, 1.807) is 0 Å². The molecule has 0 unspecified atom stereocenters. The molecule has 0 saturated heterocycles. The van der Waals surface area contributed by atoms with E-state index in [4.69, 9.17) is 19.9 Å². The van der Waals surface area contributed by atoms with Crippen molar-refractivity contribution in [1.29, 1.82) is 0 Å². The molecule has 0 bridgehead atoms. The Hall–Kier alpha value is -8.86. The maximum atomic E-state index is 5.56. The fourth-order valence-electron chi connectivity index (χ4n) is 11.3. The zero-order valence-corrected chi connectivity index (χ0v) is 35.4. The molecule has 0 aliphatic heterocycles. The van der Waals surface area contributed by atoms with Gasteiger partial charge in [-0.1, -0.05) is 182 Å². The van der Waals surface area contributed by atoms with Gasteiger partial charge in [0, 0.05) is 44.2 Å². The minimum Gasteiger partial charge on any atom is -0.228 e. The summed E-state index contributed by atoms with van der Waals surface area (Å²) in [6.07, 6.45) is 0. The Bertz CT molecular complexity index is 3930. The maximum absolute atomic E-state index is 5.56. The summed E-state index contributed by atoms with van der Waals surface area (Å²) in [4.78, 5) is 22.1. The number of aromatic nitrogens is 4. The minimum atomic E-state index is 0.729. The van der Waals surface area contributed by atoms with Gasteiger partial charge in [-0.25, -0.2) is 19.9 Å². The van der Waals surface area contributed by atoms with Crippen LogP contribution in [0, 0.1) is 0 Å². The molecule has 0 saturated carbocycles. The summed E-state index contributed by atoms with van der Waals surface area (Å²) in [5, 5.41) is 11.4. The second-order valence-electron chi connectivity index (χ2n) is 17.6. The molecule has 2 aliphatic carbocycles. The lowest BCUT2D eigenvalue weighted by Gasteiger charge is -2.19. The van der Waals surface area contributed by atoms with Crippen molar-refractivity contribution in [2.45, 2.75) is 0 Å². The monoisotopic (exact) mass is 834 g/mol. The number of rotatable bonds is 4. The van der Waals surface area contributed by atoms with E-state index in [2.05, 4.69) is 206 Å². The lowest BCUT2D eigenvalue weighted by molar-refractivity contribution is 1.30. The van der Waals surface area contributed by atoms with Crippen molar-refractivity contribution >= 4 is 65.2 Å². The molecule has 0 N–H and O–H groups in total. The normalized spacial score (nSPS) is 12.2. The van der Waals surface area contributed by atoms with Crippen LogP contribution in [-0.4, -0.2) is 19.9 Å². The van der Waals surface area contributed by atoms with E-state index >= 15 is 0 Å². The lowest BCUT2D eigenvalue weighted by atomic mass is 9.87. The van der Waals surface area contributed by atoms with E-state index < -0.39 is 0 Å². The average molecular weight is 835 g/mol. The summed E-state index contributed by atoms with van der Waals surface area (Å²) in [6, 6.07) is 74.3. The first-order valence-electron chi connectivity index (χ1n) is 22.6. The van der Waals surface area contributed by atoms with Crippen LogP contribution in [0.15, 0.2) is 206 Å². The summed E-state index contributed by atoms with van der Waals surface area (Å²) < 4.78 is 0. The van der Waals surface area contributed by atoms with Gasteiger partial charge in [0.25, 0.3) is 0 Å². The first-order valence-corrected chi connectivity index (χ1v) is 22.6. The van der Waals surface area contributed by atoms with Gasteiger partial charge >= 0.3 is 0 Å². The molecule has 13 aromatic rings. The van der Waals surface area contributed by atoms with Crippen LogP contribution in [0.2, 0.25) is 0 Å². The van der Waals surface area contributed by atoms with Crippen molar-refractivity contribution in [3.8, 4) is 89.5 Å². The van der Waals surface area contributed by atoms with E-state index in [1.807, 2.05) is 0 Å². The Balaban J connectivity index is 1.01. The van der Waals surface area contributed by atoms with Gasteiger partial charge in [0.1, 0.15) is 0 Å². The van der Waals surface area contributed by atoms with Crippen LogP contribution in [0.1, 0.15) is 0 Å². The Labute approximate surface area is 379 Å². The third-order valence-electron chi connectivity index (χ3n) is 14.1. The first-order chi connectivity index (χ1) is 32.7. The highest BCUT2D eigenvalue weighted by Gasteiger charge is 2.28. The third kappa shape index (κ3) is 4.93. The summed E-state index contributed by atoms with van der Waals surface area (Å²) in [5.41, 5.74) is 18.9. The van der Waals surface area contributed by atoms with E-state index in [0.29, 0.717) is 0 Å². The van der Waals surface area contributed by atoms with Gasteiger partial charge in [0.05, 0.1) is 22.8 Å². The van der Waals surface area contributed by atoms with Gasteiger partial charge in [0.15, 0.2) is 11.3 Å². The molecule has 0 amide bonds. The predicted molar refractivity (Wildman–Crippen MR) is 273 cm³/mol. The minimum absolute atomic E-state index is 0.729. The smallest absolute Gasteiger partial charge is 0.161 e. The van der Waals surface area contributed by atoms with Gasteiger partial charge < -0.3 is 0 Å². The second-order valence-corrected chi connectivity index (χ2v) is 17.6. The highest BCUT2D eigenvalue weighted by atomic mass is 14.9. The van der Waals surface area contributed by atoms with Crippen molar-refractivity contribution in [3.63, 3.8) is 0 Å². The fraction of sp³-hybridized carbons (Fsp3) is 0. The molecule has 2 aliphatic rings. The molecule has 0 atom stereocenters. The third-order valence-corrected chi connectivity index (χ3v) is 14.1. The molecule has 0 fully saturated rings. The van der Waals surface area contributed by atoms with Crippen LogP contribution in [0.3, 0.4) is 0 Å². The van der Waals surface area contributed by atoms with Crippen LogP contribution >= 0.6 is 0 Å². The Kier molecular flexibility index (Phi) is 7.19. The maximum Gasteiger partial charge on any atom is 0.161 e. The molecule has 4 aromatic heterocycles. The van der Waals surface area contributed by atoms with Gasteiger partial charge in [-0.3, -0.25) is 0 Å². The zero-order valence-electron chi connectivity index (χ0n) is 35.4. The predicted octanol–water partition coefficient (Wildman–Crippen LogP) is 16.1. The summed E-state index contributed by atoms with van der Waals surface area (Å²) >= 11 is 0. The number of fused-ring (bicyclic) bond motifs is 10. The number of nitrogens with zero attached hydrogens (tertiary/aromatic N) is 4. The van der Waals surface area contributed by atoms with Crippen LogP contribution < -0.4 is 0 Å². The number of benzene rings is 9. The quantitative estimate of drug-likeness (QED) is 0.166. The van der Waals surface area contributed by atoms with E-state index in [9.17, 15) is 0 Å². The molecular weight excluding hydrogens is 801 g/mol. The van der Waals surface area contributed by atoms with E-state index in [-0.39, 0.29) is 0 Å². The molecule has 15 rings (SSSR count). The summed E-state index contributed by atoms with van der Waals surface area (Å²) in [5.74, 6) is 0. The molecule has 0 spiro atoms. The van der Waals surface area contributed by atoms with Crippen LogP contribution in [0.25, 0.3) is 155 Å². The highest BCUT2D eigenvalue weighted by molar-refractivity contribution is 6.23.